The molecule has 0 saturated carbocycles. The number of ether oxygens (including phenoxy) is 4. The number of aliphatic imine (C=N–C) groups is 1. The Hall–Kier alpha value is -4.25. The molecular formula is C35H39NO4. The molecule has 0 atom stereocenters. The molecule has 0 aromatic heterocycles. The van der Waals surface area contributed by atoms with Crippen LogP contribution in [0, 0.1) is 0 Å². The summed E-state index contributed by atoms with van der Waals surface area (Å²) in [5, 5.41) is 0. The molecule has 0 spiro atoms. The van der Waals surface area contributed by atoms with Crippen LogP contribution in [0.1, 0.15) is 56.2 Å². The number of para-hydroxylation sites is 1. The Morgan fingerprint density at radius 1 is 0.550 bits per heavy atom. The van der Waals surface area contributed by atoms with Gasteiger partial charge in [-0.3, -0.25) is 4.99 Å². The van der Waals surface area contributed by atoms with Crippen LogP contribution in [0.3, 0.4) is 0 Å². The van der Waals surface area contributed by atoms with E-state index in [-0.39, 0.29) is 0 Å². The maximum atomic E-state index is 5.77. The van der Waals surface area contributed by atoms with Crippen LogP contribution in [0.15, 0.2) is 77.8 Å². The molecule has 5 heteroatoms. The highest BCUT2D eigenvalue weighted by molar-refractivity contribution is 5.92. The van der Waals surface area contributed by atoms with Crippen molar-refractivity contribution in [1.29, 1.82) is 0 Å². The van der Waals surface area contributed by atoms with Crippen LogP contribution >= 0.6 is 0 Å². The van der Waals surface area contributed by atoms with E-state index in [1.54, 1.807) is 28.4 Å². The third-order valence-corrected chi connectivity index (χ3v) is 7.07. The molecule has 0 unspecified atom stereocenters. The average molecular weight is 538 g/mol. The fraction of sp³-hybridized carbons (Fsp3) is 0.286. The topological polar surface area (TPSA) is 49.3 Å². The lowest BCUT2D eigenvalue weighted by Gasteiger charge is -2.18. The van der Waals surface area contributed by atoms with Gasteiger partial charge in [0.1, 0.15) is 23.0 Å². The van der Waals surface area contributed by atoms with E-state index >= 15 is 0 Å². The highest BCUT2D eigenvalue weighted by Gasteiger charge is 2.19. The predicted octanol–water partition coefficient (Wildman–Crippen LogP) is 9.05. The second-order valence-corrected chi connectivity index (χ2v) is 10.3. The lowest BCUT2D eigenvalue weighted by atomic mass is 9.92. The van der Waals surface area contributed by atoms with Gasteiger partial charge in [0.15, 0.2) is 0 Å². The van der Waals surface area contributed by atoms with Gasteiger partial charge in [0.25, 0.3) is 0 Å². The minimum absolute atomic E-state index is 0.350. The molecule has 4 aromatic carbocycles. The van der Waals surface area contributed by atoms with E-state index in [2.05, 4.69) is 64.1 Å². The number of benzene rings is 4. The normalized spacial score (nSPS) is 11.3. The van der Waals surface area contributed by atoms with Crippen molar-refractivity contribution in [2.75, 3.05) is 28.4 Å². The number of methoxy groups -OCH3 is 4. The first-order valence-electron chi connectivity index (χ1n) is 13.6. The molecular weight excluding hydrogens is 498 g/mol. The molecule has 0 N–H and O–H groups in total. The van der Waals surface area contributed by atoms with Crippen molar-refractivity contribution < 1.29 is 18.9 Å². The van der Waals surface area contributed by atoms with Crippen molar-refractivity contribution in [2.24, 2.45) is 4.99 Å². The lowest BCUT2D eigenvalue weighted by molar-refractivity contribution is 0.397. The Morgan fingerprint density at radius 2 is 0.925 bits per heavy atom. The summed E-state index contributed by atoms with van der Waals surface area (Å²) in [6.45, 7) is 8.83. The molecule has 0 saturated heterocycles. The van der Waals surface area contributed by atoms with Gasteiger partial charge in [-0.15, -0.1) is 0 Å². The van der Waals surface area contributed by atoms with Crippen LogP contribution in [0.5, 0.6) is 23.0 Å². The summed E-state index contributed by atoms with van der Waals surface area (Å²) in [5.74, 6) is 3.58. The van der Waals surface area contributed by atoms with E-state index in [1.165, 1.54) is 11.1 Å². The number of hydrogen-bond donors (Lipinski definition) is 0. The third-order valence-electron chi connectivity index (χ3n) is 7.07. The largest absolute Gasteiger partial charge is 0.496 e. The zero-order valence-electron chi connectivity index (χ0n) is 24.7. The van der Waals surface area contributed by atoms with E-state index in [0.717, 1.165) is 56.5 Å². The van der Waals surface area contributed by atoms with Gasteiger partial charge >= 0.3 is 0 Å². The van der Waals surface area contributed by atoms with Gasteiger partial charge in [-0.05, 0) is 82.1 Å². The third kappa shape index (κ3) is 5.84. The smallest absolute Gasteiger partial charge is 0.130 e. The molecule has 208 valence electrons. The van der Waals surface area contributed by atoms with Gasteiger partial charge in [-0.25, -0.2) is 0 Å². The first-order valence-corrected chi connectivity index (χ1v) is 13.6. The van der Waals surface area contributed by atoms with E-state index in [1.807, 2.05) is 42.6 Å². The second-order valence-electron chi connectivity index (χ2n) is 10.3. The quantitative estimate of drug-likeness (QED) is 0.189. The maximum Gasteiger partial charge on any atom is 0.130 e. The molecule has 0 radical (unpaired) electrons. The summed E-state index contributed by atoms with van der Waals surface area (Å²) >= 11 is 0. The van der Waals surface area contributed by atoms with Crippen molar-refractivity contribution in [2.45, 2.75) is 39.5 Å². The van der Waals surface area contributed by atoms with Crippen LogP contribution < -0.4 is 18.9 Å². The van der Waals surface area contributed by atoms with E-state index < -0.39 is 0 Å². The zero-order valence-corrected chi connectivity index (χ0v) is 24.7. The lowest BCUT2D eigenvalue weighted by Crippen LogP contribution is -1.98. The maximum absolute atomic E-state index is 5.77. The zero-order chi connectivity index (χ0) is 28.8. The molecule has 0 aliphatic rings. The van der Waals surface area contributed by atoms with Crippen LogP contribution in [0.2, 0.25) is 0 Å². The Labute approximate surface area is 238 Å². The van der Waals surface area contributed by atoms with Crippen molar-refractivity contribution >= 4 is 11.9 Å². The Morgan fingerprint density at radius 3 is 1.27 bits per heavy atom. The number of nitrogens with zero attached hydrogens (tertiary/aromatic N) is 1. The molecule has 4 rings (SSSR count). The molecule has 0 amide bonds. The molecule has 0 aliphatic carbocycles. The number of rotatable bonds is 10. The number of hydrogen-bond acceptors (Lipinski definition) is 5. The fourth-order valence-electron chi connectivity index (χ4n) is 5.09. The molecule has 0 bridgehead atoms. The van der Waals surface area contributed by atoms with Crippen molar-refractivity contribution in [3.8, 4) is 45.3 Å². The van der Waals surface area contributed by atoms with Crippen molar-refractivity contribution in [1.82, 2.24) is 0 Å². The van der Waals surface area contributed by atoms with E-state index in [0.29, 0.717) is 11.8 Å². The second kappa shape index (κ2) is 12.7. The predicted molar refractivity (Wildman–Crippen MR) is 165 cm³/mol. The molecule has 0 heterocycles. The highest BCUT2D eigenvalue weighted by Crippen LogP contribution is 2.44. The molecule has 40 heavy (non-hydrogen) atoms. The summed E-state index contributed by atoms with van der Waals surface area (Å²) in [6, 6.07) is 24.4. The summed E-state index contributed by atoms with van der Waals surface area (Å²) in [7, 11) is 6.68. The van der Waals surface area contributed by atoms with Gasteiger partial charge in [-0.2, -0.15) is 0 Å². The standard InChI is InChI=1S/C35H39NO4/c1-22(2)27-12-9-13-28(23(3)4)35(27)36-21-24-18-25(33-29(37-5)14-10-15-30(33)38-6)20-26(19-24)34-31(39-7)16-11-17-32(34)40-8/h9-23H,1-8H3. The van der Waals surface area contributed by atoms with Crippen LogP contribution in [-0.2, 0) is 0 Å². The van der Waals surface area contributed by atoms with Gasteiger partial charge in [0.2, 0.25) is 0 Å². The van der Waals surface area contributed by atoms with E-state index in [9.17, 15) is 0 Å². The minimum atomic E-state index is 0.350. The first-order chi connectivity index (χ1) is 19.3. The Kier molecular flexibility index (Phi) is 9.15. The average Bonchev–Trinajstić information content (AvgIpc) is 2.98. The molecule has 4 aromatic rings. The molecule has 5 nitrogen and oxygen atoms in total. The van der Waals surface area contributed by atoms with Crippen LogP contribution in [0.4, 0.5) is 5.69 Å². The van der Waals surface area contributed by atoms with E-state index in [4.69, 9.17) is 23.9 Å². The van der Waals surface area contributed by atoms with Gasteiger partial charge in [0, 0.05) is 6.21 Å². The monoisotopic (exact) mass is 537 g/mol. The van der Waals surface area contributed by atoms with Crippen LogP contribution in [0.25, 0.3) is 22.3 Å². The summed E-state index contributed by atoms with van der Waals surface area (Å²) < 4.78 is 23.1. The Bertz CT molecular complexity index is 1360. The summed E-state index contributed by atoms with van der Waals surface area (Å²) in [6.07, 6.45) is 1.95. The highest BCUT2D eigenvalue weighted by atomic mass is 16.5. The SMILES string of the molecule is COc1cccc(OC)c1-c1cc(C=Nc2c(C(C)C)cccc2C(C)C)cc(-c2c(OC)cccc2OC)c1. The molecule has 0 fully saturated rings. The van der Waals surface area contributed by atoms with Crippen LogP contribution in [-0.4, -0.2) is 34.7 Å². The summed E-state index contributed by atoms with van der Waals surface area (Å²) in [5.41, 5.74) is 8.02. The Balaban J connectivity index is 2.01. The molecule has 0 aliphatic heterocycles. The van der Waals surface area contributed by atoms with Gasteiger partial charge in [-0.1, -0.05) is 58.0 Å². The first kappa shape index (κ1) is 28.8. The van der Waals surface area contributed by atoms with Crippen molar-refractivity contribution in [3.63, 3.8) is 0 Å². The van der Waals surface area contributed by atoms with Gasteiger partial charge < -0.3 is 18.9 Å². The van der Waals surface area contributed by atoms with Gasteiger partial charge in [0.05, 0.1) is 45.3 Å². The minimum Gasteiger partial charge on any atom is -0.496 e. The fourth-order valence-corrected chi connectivity index (χ4v) is 5.09. The summed E-state index contributed by atoms with van der Waals surface area (Å²) in [4.78, 5) is 5.11. The van der Waals surface area contributed by atoms with Crippen molar-refractivity contribution in [3.05, 3.63) is 89.5 Å².